The number of aliphatic hydroxyl groups is 4. The van der Waals surface area contributed by atoms with Gasteiger partial charge in [0.1, 0.15) is 12.2 Å². The van der Waals surface area contributed by atoms with Crippen LogP contribution in [-0.4, -0.2) is 57.3 Å². The zero-order chi connectivity index (χ0) is 33.2. The van der Waals surface area contributed by atoms with Crippen LogP contribution in [0.3, 0.4) is 0 Å². The smallest absolute Gasteiger partial charge is 0.249 e. The Kier molecular flexibility index (Phi) is 33.2. The van der Waals surface area contributed by atoms with Crippen molar-refractivity contribution in [3.05, 3.63) is 24.3 Å². The van der Waals surface area contributed by atoms with Crippen LogP contribution in [0.15, 0.2) is 24.3 Å². The molecule has 0 aliphatic rings. The number of rotatable bonds is 34. The fraction of sp³-hybridized carbons (Fsp3) is 0.872. The van der Waals surface area contributed by atoms with E-state index in [2.05, 4.69) is 43.5 Å². The van der Waals surface area contributed by atoms with E-state index in [9.17, 15) is 25.2 Å². The van der Waals surface area contributed by atoms with Crippen LogP contribution in [-0.2, 0) is 4.79 Å². The van der Waals surface area contributed by atoms with Gasteiger partial charge >= 0.3 is 0 Å². The average molecular weight is 638 g/mol. The van der Waals surface area contributed by atoms with Crippen molar-refractivity contribution < 1.29 is 25.2 Å². The van der Waals surface area contributed by atoms with E-state index < -0.39 is 36.9 Å². The zero-order valence-corrected chi connectivity index (χ0v) is 29.6. The van der Waals surface area contributed by atoms with Crippen LogP contribution in [0.2, 0.25) is 0 Å². The molecule has 0 spiro atoms. The molecule has 0 saturated heterocycles. The molecule has 0 heterocycles. The maximum atomic E-state index is 12.4. The van der Waals surface area contributed by atoms with Crippen LogP contribution in [0.25, 0.3) is 0 Å². The van der Waals surface area contributed by atoms with E-state index in [4.69, 9.17) is 0 Å². The summed E-state index contributed by atoms with van der Waals surface area (Å²) >= 11 is 0. The van der Waals surface area contributed by atoms with Crippen molar-refractivity contribution in [2.45, 2.75) is 212 Å². The second-order valence-electron chi connectivity index (χ2n) is 13.3. The van der Waals surface area contributed by atoms with Gasteiger partial charge in [-0.15, -0.1) is 0 Å². The van der Waals surface area contributed by atoms with Crippen molar-refractivity contribution >= 4 is 5.91 Å². The third-order valence-electron chi connectivity index (χ3n) is 8.88. The van der Waals surface area contributed by atoms with Crippen molar-refractivity contribution in [3.63, 3.8) is 0 Å². The standard InChI is InChI=1S/C39H75NO5/c1-3-5-7-9-11-13-14-15-16-17-18-19-20-21-22-23-25-27-29-31-33-37(43)39(45)40-35(34-41)38(44)36(42)32-30-28-26-24-12-10-8-6-4-2/h19-20,24,26,35-38,41-44H,3-18,21-23,25,27-34H2,1-2H3,(H,40,45)/b20-19-,26-24+. The van der Waals surface area contributed by atoms with Crippen LogP contribution in [0, 0.1) is 0 Å². The van der Waals surface area contributed by atoms with Gasteiger partial charge in [0.25, 0.3) is 0 Å². The third kappa shape index (κ3) is 28.7. The summed E-state index contributed by atoms with van der Waals surface area (Å²) in [5, 5.41) is 43.3. The molecule has 0 aliphatic carbocycles. The molecule has 0 rings (SSSR count). The van der Waals surface area contributed by atoms with Crippen LogP contribution >= 0.6 is 0 Å². The first-order chi connectivity index (χ1) is 22.0. The van der Waals surface area contributed by atoms with Gasteiger partial charge in [-0.1, -0.05) is 147 Å². The molecule has 0 aromatic rings. The van der Waals surface area contributed by atoms with Gasteiger partial charge in [0.15, 0.2) is 0 Å². The Morgan fingerprint density at radius 2 is 0.911 bits per heavy atom. The molecule has 0 aliphatic heterocycles. The summed E-state index contributed by atoms with van der Waals surface area (Å²) in [6.45, 7) is 3.98. The Morgan fingerprint density at radius 1 is 0.533 bits per heavy atom. The normalized spacial score (nSPS) is 14.7. The highest BCUT2D eigenvalue weighted by atomic mass is 16.3. The van der Waals surface area contributed by atoms with Gasteiger partial charge in [0.05, 0.1) is 18.8 Å². The molecule has 6 heteroatoms. The van der Waals surface area contributed by atoms with Gasteiger partial charge in [-0.25, -0.2) is 0 Å². The van der Waals surface area contributed by atoms with E-state index in [1.54, 1.807) is 0 Å². The van der Waals surface area contributed by atoms with Crippen molar-refractivity contribution in [1.29, 1.82) is 0 Å². The lowest BCUT2D eigenvalue weighted by Gasteiger charge is -2.27. The van der Waals surface area contributed by atoms with Crippen molar-refractivity contribution in [3.8, 4) is 0 Å². The lowest BCUT2D eigenvalue weighted by atomic mass is 10.00. The zero-order valence-electron chi connectivity index (χ0n) is 29.6. The number of carbonyl (C=O) groups excluding carboxylic acids is 1. The van der Waals surface area contributed by atoms with Gasteiger partial charge in [-0.2, -0.15) is 0 Å². The molecule has 1 amide bonds. The highest BCUT2D eigenvalue weighted by Crippen LogP contribution is 2.14. The summed E-state index contributed by atoms with van der Waals surface area (Å²) in [5.41, 5.74) is 0. The first-order valence-corrected chi connectivity index (χ1v) is 19.2. The molecule has 0 saturated carbocycles. The number of nitrogens with one attached hydrogen (secondary N) is 1. The second-order valence-corrected chi connectivity index (χ2v) is 13.3. The summed E-state index contributed by atoms with van der Waals surface area (Å²) < 4.78 is 0. The topological polar surface area (TPSA) is 110 Å². The number of hydrogen-bond acceptors (Lipinski definition) is 5. The van der Waals surface area contributed by atoms with Gasteiger partial charge in [-0.3, -0.25) is 4.79 Å². The predicted octanol–water partition coefficient (Wildman–Crippen LogP) is 9.23. The van der Waals surface area contributed by atoms with Gasteiger partial charge in [0.2, 0.25) is 5.91 Å². The molecule has 5 N–H and O–H groups in total. The van der Waals surface area contributed by atoms with E-state index >= 15 is 0 Å². The molecule has 0 bridgehead atoms. The van der Waals surface area contributed by atoms with E-state index in [1.807, 2.05) is 0 Å². The number of amides is 1. The van der Waals surface area contributed by atoms with Gasteiger partial charge in [-0.05, 0) is 64.2 Å². The van der Waals surface area contributed by atoms with Crippen molar-refractivity contribution in [2.24, 2.45) is 0 Å². The molecule has 45 heavy (non-hydrogen) atoms. The minimum Gasteiger partial charge on any atom is -0.394 e. The molecule has 0 fully saturated rings. The molecule has 0 aromatic heterocycles. The molecule has 4 unspecified atom stereocenters. The SMILES string of the molecule is CCCCCC/C=C/CCCC(O)C(O)C(CO)NC(=O)C(O)CCCCCCCC/C=C\CCCCCCCCCCCC. The van der Waals surface area contributed by atoms with Gasteiger partial charge < -0.3 is 25.7 Å². The number of aliphatic hydroxyl groups excluding tert-OH is 4. The Morgan fingerprint density at radius 3 is 1.36 bits per heavy atom. The van der Waals surface area contributed by atoms with E-state index in [0.717, 1.165) is 38.5 Å². The molecular formula is C39H75NO5. The summed E-state index contributed by atoms with van der Waals surface area (Å²) in [6, 6.07) is -1.000. The first-order valence-electron chi connectivity index (χ1n) is 19.2. The van der Waals surface area contributed by atoms with E-state index in [0.29, 0.717) is 19.3 Å². The van der Waals surface area contributed by atoms with Crippen LogP contribution < -0.4 is 5.32 Å². The quantitative estimate of drug-likeness (QED) is 0.0357. The Balaban J connectivity index is 3.77. The Bertz CT molecular complexity index is 682. The van der Waals surface area contributed by atoms with Crippen LogP contribution in [0.4, 0.5) is 0 Å². The van der Waals surface area contributed by atoms with Gasteiger partial charge in [0, 0.05) is 0 Å². The summed E-state index contributed by atoms with van der Waals surface area (Å²) in [5.74, 6) is -0.601. The summed E-state index contributed by atoms with van der Waals surface area (Å²) in [6.07, 6.45) is 36.4. The summed E-state index contributed by atoms with van der Waals surface area (Å²) in [4.78, 5) is 12.4. The Hall–Kier alpha value is -1.21. The number of allylic oxidation sites excluding steroid dienone is 4. The van der Waals surface area contributed by atoms with E-state index in [-0.39, 0.29) is 0 Å². The largest absolute Gasteiger partial charge is 0.394 e. The minimum absolute atomic E-state index is 0.356. The lowest BCUT2D eigenvalue weighted by Crippen LogP contribution is -2.53. The monoisotopic (exact) mass is 638 g/mol. The van der Waals surface area contributed by atoms with E-state index in [1.165, 1.54) is 116 Å². The molecule has 0 aromatic carbocycles. The molecule has 4 atom stereocenters. The molecular weight excluding hydrogens is 562 g/mol. The highest BCUT2D eigenvalue weighted by molar-refractivity contribution is 5.80. The molecule has 266 valence electrons. The first kappa shape index (κ1) is 43.8. The fourth-order valence-corrected chi connectivity index (χ4v) is 5.75. The molecule has 6 nitrogen and oxygen atoms in total. The maximum Gasteiger partial charge on any atom is 0.249 e. The van der Waals surface area contributed by atoms with Crippen LogP contribution in [0.1, 0.15) is 187 Å². The number of hydrogen-bond donors (Lipinski definition) is 5. The highest BCUT2D eigenvalue weighted by Gasteiger charge is 2.28. The lowest BCUT2D eigenvalue weighted by molar-refractivity contribution is -0.132. The van der Waals surface area contributed by atoms with Crippen LogP contribution in [0.5, 0.6) is 0 Å². The summed E-state index contributed by atoms with van der Waals surface area (Å²) in [7, 11) is 0. The molecule has 0 radical (unpaired) electrons. The average Bonchev–Trinajstić information content (AvgIpc) is 3.04. The Labute approximate surface area is 278 Å². The second kappa shape index (κ2) is 34.1. The van der Waals surface area contributed by atoms with Crippen molar-refractivity contribution in [1.82, 2.24) is 5.32 Å². The fourth-order valence-electron chi connectivity index (χ4n) is 5.75. The number of unbranched alkanes of at least 4 members (excludes halogenated alkanes) is 21. The van der Waals surface area contributed by atoms with Crippen molar-refractivity contribution in [2.75, 3.05) is 6.61 Å². The minimum atomic E-state index is -1.28. The number of carbonyl (C=O) groups is 1. The maximum absolute atomic E-state index is 12.4. The third-order valence-corrected chi connectivity index (χ3v) is 8.88. The predicted molar refractivity (Wildman–Crippen MR) is 191 cm³/mol.